The van der Waals surface area contributed by atoms with E-state index in [2.05, 4.69) is 26.0 Å². The maximum atomic E-state index is 12.0. The van der Waals surface area contributed by atoms with Gasteiger partial charge in [-0.05, 0) is 37.0 Å². The normalized spacial score (nSPS) is 12.0. The molecule has 21 heavy (non-hydrogen) atoms. The van der Waals surface area contributed by atoms with Crippen LogP contribution < -0.4 is 4.74 Å². The summed E-state index contributed by atoms with van der Waals surface area (Å²) in [4.78, 5) is 12.0. The lowest BCUT2D eigenvalue weighted by Gasteiger charge is -2.10. The number of aryl methyl sites for hydroxylation is 1. The van der Waals surface area contributed by atoms with Crippen LogP contribution in [0.5, 0.6) is 5.75 Å². The third-order valence-electron chi connectivity index (χ3n) is 3.80. The van der Waals surface area contributed by atoms with Crippen LogP contribution >= 0.6 is 0 Å². The van der Waals surface area contributed by atoms with Crippen molar-refractivity contribution in [3.05, 3.63) is 65.2 Å². The van der Waals surface area contributed by atoms with Crippen molar-refractivity contribution in [1.29, 1.82) is 0 Å². The molecule has 0 fully saturated rings. The molecule has 0 bridgehead atoms. The van der Waals surface area contributed by atoms with Gasteiger partial charge in [0.05, 0.1) is 0 Å². The second-order valence-electron chi connectivity index (χ2n) is 5.46. The van der Waals surface area contributed by atoms with Crippen molar-refractivity contribution in [2.45, 2.75) is 33.1 Å². The van der Waals surface area contributed by atoms with E-state index in [-0.39, 0.29) is 12.4 Å². The van der Waals surface area contributed by atoms with Crippen molar-refractivity contribution >= 4 is 5.78 Å². The van der Waals surface area contributed by atoms with Crippen LogP contribution in [0.15, 0.2) is 48.5 Å². The third kappa shape index (κ3) is 4.19. The molecule has 0 N–H and O–H groups in total. The van der Waals surface area contributed by atoms with Crippen LogP contribution in [0.3, 0.4) is 0 Å². The lowest BCUT2D eigenvalue weighted by Crippen LogP contribution is -2.11. The predicted octanol–water partition coefficient (Wildman–Crippen LogP) is 4.77. The minimum Gasteiger partial charge on any atom is -0.485 e. The van der Waals surface area contributed by atoms with Crippen LogP contribution in [-0.2, 0) is 0 Å². The molecule has 2 nitrogen and oxygen atoms in total. The van der Waals surface area contributed by atoms with E-state index in [1.54, 1.807) is 0 Å². The molecule has 1 atom stereocenters. The van der Waals surface area contributed by atoms with Gasteiger partial charge in [-0.3, -0.25) is 4.79 Å². The Balaban J connectivity index is 1.93. The molecule has 110 valence electrons. The molecular formula is C19H22O2. The molecule has 0 heterocycles. The number of carbonyl (C=O) groups excluding carboxylic acids is 1. The van der Waals surface area contributed by atoms with E-state index >= 15 is 0 Å². The standard InChI is InChI=1S/C19H22O2/c1-4-15(3)16-9-11-18(12-10-16)21-13-19(20)17-7-5-14(2)6-8-17/h5-12,15H,4,13H2,1-3H3. The monoisotopic (exact) mass is 282 g/mol. The van der Waals surface area contributed by atoms with Crippen molar-refractivity contribution in [3.8, 4) is 5.75 Å². The molecule has 2 aromatic rings. The first-order valence-corrected chi connectivity index (χ1v) is 7.42. The van der Waals surface area contributed by atoms with E-state index in [1.165, 1.54) is 5.56 Å². The maximum Gasteiger partial charge on any atom is 0.200 e. The number of ketones is 1. The summed E-state index contributed by atoms with van der Waals surface area (Å²) < 4.78 is 5.57. The number of ether oxygens (including phenoxy) is 1. The average molecular weight is 282 g/mol. The molecular weight excluding hydrogens is 260 g/mol. The van der Waals surface area contributed by atoms with E-state index in [0.717, 1.165) is 17.7 Å². The summed E-state index contributed by atoms with van der Waals surface area (Å²) in [6.45, 7) is 6.46. The van der Waals surface area contributed by atoms with Gasteiger partial charge in [0.15, 0.2) is 12.4 Å². The van der Waals surface area contributed by atoms with Crippen LogP contribution in [0.2, 0.25) is 0 Å². The van der Waals surface area contributed by atoms with Gasteiger partial charge in [0.1, 0.15) is 5.75 Å². The van der Waals surface area contributed by atoms with Crippen molar-refractivity contribution in [1.82, 2.24) is 0 Å². The van der Waals surface area contributed by atoms with Gasteiger partial charge in [-0.25, -0.2) is 0 Å². The number of hydrogen-bond acceptors (Lipinski definition) is 2. The Labute approximate surface area is 126 Å². The summed E-state index contributed by atoms with van der Waals surface area (Å²) in [7, 11) is 0. The largest absolute Gasteiger partial charge is 0.485 e. The van der Waals surface area contributed by atoms with Crippen LogP contribution in [-0.4, -0.2) is 12.4 Å². The van der Waals surface area contributed by atoms with Crippen LogP contribution in [0.1, 0.15) is 47.7 Å². The Hall–Kier alpha value is -2.09. The Morgan fingerprint density at radius 2 is 1.67 bits per heavy atom. The molecule has 0 saturated heterocycles. The predicted molar refractivity (Wildman–Crippen MR) is 86.2 cm³/mol. The van der Waals surface area contributed by atoms with Crippen LogP contribution in [0.25, 0.3) is 0 Å². The second kappa shape index (κ2) is 7.07. The lowest BCUT2D eigenvalue weighted by atomic mass is 9.99. The zero-order chi connectivity index (χ0) is 15.2. The van der Waals surface area contributed by atoms with Gasteiger partial charge in [-0.2, -0.15) is 0 Å². The molecule has 0 aromatic heterocycles. The highest BCUT2D eigenvalue weighted by atomic mass is 16.5. The highest BCUT2D eigenvalue weighted by Gasteiger charge is 2.07. The molecule has 2 aromatic carbocycles. The SMILES string of the molecule is CCC(C)c1ccc(OCC(=O)c2ccc(C)cc2)cc1. The summed E-state index contributed by atoms with van der Waals surface area (Å²) in [6, 6.07) is 15.6. The highest BCUT2D eigenvalue weighted by molar-refractivity contribution is 5.97. The van der Waals surface area contributed by atoms with Crippen molar-refractivity contribution in [2.75, 3.05) is 6.61 Å². The summed E-state index contributed by atoms with van der Waals surface area (Å²) in [5.74, 6) is 1.29. The smallest absolute Gasteiger partial charge is 0.200 e. The summed E-state index contributed by atoms with van der Waals surface area (Å²) in [5, 5.41) is 0. The summed E-state index contributed by atoms with van der Waals surface area (Å²) in [5.41, 5.74) is 3.14. The van der Waals surface area contributed by atoms with Gasteiger partial charge in [0, 0.05) is 5.56 Å². The molecule has 0 aliphatic heterocycles. The van der Waals surface area contributed by atoms with Crippen molar-refractivity contribution < 1.29 is 9.53 Å². The minimum absolute atomic E-state index is 0.000928. The van der Waals surface area contributed by atoms with E-state index in [1.807, 2.05) is 43.3 Å². The fraction of sp³-hybridized carbons (Fsp3) is 0.316. The Morgan fingerprint density at radius 3 is 2.24 bits per heavy atom. The first-order valence-electron chi connectivity index (χ1n) is 7.42. The average Bonchev–Trinajstić information content (AvgIpc) is 2.53. The molecule has 0 amide bonds. The second-order valence-corrected chi connectivity index (χ2v) is 5.46. The van der Waals surface area contributed by atoms with E-state index in [9.17, 15) is 4.79 Å². The first kappa shape index (κ1) is 15.3. The van der Waals surface area contributed by atoms with Gasteiger partial charge in [0.2, 0.25) is 0 Å². The fourth-order valence-corrected chi connectivity index (χ4v) is 2.10. The van der Waals surface area contributed by atoms with Gasteiger partial charge in [-0.15, -0.1) is 0 Å². The van der Waals surface area contributed by atoms with Gasteiger partial charge >= 0.3 is 0 Å². The van der Waals surface area contributed by atoms with E-state index < -0.39 is 0 Å². The number of hydrogen-bond donors (Lipinski definition) is 0. The molecule has 0 aliphatic carbocycles. The van der Waals surface area contributed by atoms with Crippen molar-refractivity contribution in [2.24, 2.45) is 0 Å². The molecule has 0 radical (unpaired) electrons. The zero-order valence-electron chi connectivity index (χ0n) is 12.9. The van der Waals surface area contributed by atoms with E-state index in [0.29, 0.717) is 11.5 Å². The highest BCUT2D eigenvalue weighted by Crippen LogP contribution is 2.21. The Morgan fingerprint density at radius 1 is 1.05 bits per heavy atom. The summed E-state index contributed by atoms with van der Waals surface area (Å²) in [6.07, 6.45) is 1.12. The molecule has 0 aliphatic rings. The summed E-state index contributed by atoms with van der Waals surface area (Å²) >= 11 is 0. The zero-order valence-corrected chi connectivity index (χ0v) is 12.9. The number of benzene rings is 2. The van der Waals surface area contributed by atoms with Gasteiger partial charge < -0.3 is 4.74 Å². The minimum atomic E-state index is 0.000928. The van der Waals surface area contributed by atoms with Crippen molar-refractivity contribution in [3.63, 3.8) is 0 Å². The Bertz CT molecular complexity index is 582. The Kier molecular flexibility index (Phi) is 5.15. The van der Waals surface area contributed by atoms with Gasteiger partial charge in [0.25, 0.3) is 0 Å². The maximum absolute atomic E-state index is 12.0. The molecule has 2 rings (SSSR count). The quantitative estimate of drug-likeness (QED) is 0.713. The molecule has 0 saturated carbocycles. The fourth-order valence-electron chi connectivity index (χ4n) is 2.10. The van der Waals surface area contributed by atoms with Crippen LogP contribution in [0.4, 0.5) is 0 Å². The molecule has 0 spiro atoms. The lowest BCUT2D eigenvalue weighted by molar-refractivity contribution is 0.0921. The third-order valence-corrected chi connectivity index (χ3v) is 3.80. The molecule has 2 heteroatoms. The number of rotatable bonds is 6. The topological polar surface area (TPSA) is 26.3 Å². The number of Topliss-reactive ketones (excluding diaryl/α,β-unsaturated/α-hetero) is 1. The first-order chi connectivity index (χ1) is 10.1. The number of carbonyl (C=O) groups is 1. The van der Waals surface area contributed by atoms with E-state index in [4.69, 9.17) is 4.74 Å². The van der Waals surface area contributed by atoms with Gasteiger partial charge in [-0.1, -0.05) is 55.8 Å². The van der Waals surface area contributed by atoms with Crippen LogP contribution in [0, 0.1) is 6.92 Å². The molecule has 1 unspecified atom stereocenters.